The first kappa shape index (κ1) is 15.4. The monoisotopic (exact) mass is 339 g/mol. The van der Waals surface area contributed by atoms with Gasteiger partial charge in [0, 0.05) is 37.2 Å². The summed E-state index contributed by atoms with van der Waals surface area (Å²) < 4.78 is 10.5. The molecule has 0 bridgehead atoms. The lowest BCUT2D eigenvalue weighted by Gasteiger charge is -2.15. The van der Waals surface area contributed by atoms with Crippen molar-refractivity contribution < 1.29 is 19.1 Å². The molecule has 0 unspecified atom stereocenters. The highest BCUT2D eigenvalue weighted by Crippen LogP contribution is 2.34. The van der Waals surface area contributed by atoms with Crippen LogP contribution in [0.25, 0.3) is 0 Å². The standard InChI is InChI=1S/C18H17N3O4/c22-17(20-14-3-4-15-16(8-14)25-11-24-15)12-7-13(10-19-9-12)18(23)21-5-1-2-6-21/h3-4,7-10H,1-2,5-6,11H2,(H,20,22). The zero-order valence-electron chi connectivity index (χ0n) is 13.5. The van der Waals surface area contributed by atoms with Crippen LogP contribution in [-0.4, -0.2) is 41.6 Å². The lowest BCUT2D eigenvalue weighted by atomic mass is 10.1. The minimum Gasteiger partial charge on any atom is -0.454 e. The molecule has 1 saturated heterocycles. The molecule has 2 aromatic rings. The van der Waals surface area contributed by atoms with Crippen LogP contribution < -0.4 is 14.8 Å². The molecular formula is C18H17N3O4. The van der Waals surface area contributed by atoms with Gasteiger partial charge in [-0.05, 0) is 31.0 Å². The second-order valence-electron chi connectivity index (χ2n) is 5.98. The third kappa shape index (κ3) is 3.13. The molecule has 7 nitrogen and oxygen atoms in total. The van der Waals surface area contributed by atoms with Crippen molar-refractivity contribution in [1.82, 2.24) is 9.88 Å². The van der Waals surface area contributed by atoms with E-state index in [1.807, 2.05) is 0 Å². The molecule has 0 saturated carbocycles. The minimum atomic E-state index is -0.331. The summed E-state index contributed by atoms with van der Waals surface area (Å²) in [6.07, 6.45) is 4.98. The number of aromatic nitrogens is 1. The number of ether oxygens (including phenoxy) is 2. The third-order valence-electron chi connectivity index (χ3n) is 4.27. The van der Waals surface area contributed by atoms with Crippen LogP contribution in [-0.2, 0) is 0 Å². The molecule has 0 radical (unpaired) electrons. The number of nitrogens with one attached hydrogen (secondary N) is 1. The van der Waals surface area contributed by atoms with E-state index in [9.17, 15) is 9.59 Å². The molecule has 7 heteroatoms. The molecule has 2 aliphatic heterocycles. The minimum absolute atomic E-state index is 0.0808. The Labute approximate surface area is 144 Å². The molecule has 0 atom stereocenters. The average Bonchev–Trinajstić information content (AvgIpc) is 3.32. The summed E-state index contributed by atoms with van der Waals surface area (Å²) in [5.74, 6) is 0.830. The number of hydrogen-bond donors (Lipinski definition) is 1. The van der Waals surface area contributed by atoms with Crippen LogP contribution in [0, 0.1) is 0 Å². The predicted octanol–water partition coefficient (Wildman–Crippen LogP) is 2.30. The van der Waals surface area contributed by atoms with Gasteiger partial charge in [-0.25, -0.2) is 0 Å². The third-order valence-corrected chi connectivity index (χ3v) is 4.27. The molecule has 1 aromatic heterocycles. The second kappa shape index (κ2) is 6.43. The van der Waals surface area contributed by atoms with Crippen LogP contribution >= 0.6 is 0 Å². The fourth-order valence-corrected chi connectivity index (χ4v) is 2.96. The van der Waals surface area contributed by atoms with Crippen LogP contribution in [0.3, 0.4) is 0 Å². The van der Waals surface area contributed by atoms with E-state index in [-0.39, 0.29) is 18.6 Å². The average molecular weight is 339 g/mol. The summed E-state index contributed by atoms with van der Waals surface area (Å²) in [7, 11) is 0. The number of likely N-dealkylation sites (tertiary alicyclic amines) is 1. The van der Waals surface area contributed by atoms with Crippen molar-refractivity contribution in [2.45, 2.75) is 12.8 Å². The number of nitrogens with zero attached hydrogens (tertiary/aromatic N) is 2. The van der Waals surface area contributed by atoms with Crippen molar-refractivity contribution in [3.63, 3.8) is 0 Å². The number of carbonyl (C=O) groups excluding carboxylic acids is 2. The number of rotatable bonds is 3. The van der Waals surface area contributed by atoms with Crippen molar-refractivity contribution in [3.8, 4) is 11.5 Å². The largest absolute Gasteiger partial charge is 0.454 e. The number of amides is 2. The van der Waals surface area contributed by atoms with E-state index in [1.165, 1.54) is 12.4 Å². The Kier molecular flexibility index (Phi) is 3.97. The first-order valence-corrected chi connectivity index (χ1v) is 8.16. The Bertz CT molecular complexity index is 831. The molecule has 128 valence electrons. The highest BCUT2D eigenvalue weighted by Gasteiger charge is 2.21. The Morgan fingerprint density at radius 2 is 1.76 bits per heavy atom. The number of carbonyl (C=O) groups is 2. The quantitative estimate of drug-likeness (QED) is 0.928. The van der Waals surface area contributed by atoms with Gasteiger partial charge in [-0.1, -0.05) is 0 Å². The SMILES string of the molecule is O=C(Nc1ccc2c(c1)OCO2)c1cncc(C(=O)N2CCCC2)c1. The Balaban J connectivity index is 1.50. The maximum absolute atomic E-state index is 12.5. The van der Waals surface area contributed by atoms with Gasteiger partial charge >= 0.3 is 0 Å². The smallest absolute Gasteiger partial charge is 0.257 e. The molecular weight excluding hydrogens is 322 g/mol. The van der Waals surface area contributed by atoms with E-state index in [2.05, 4.69) is 10.3 Å². The highest BCUT2D eigenvalue weighted by molar-refractivity contribution is 6.06. The van der Waals surface area contributed by atoms with Gasteiger partial charge in [-0.2, -0.15) is 0 Å². The number of pyridine rings is 1. The summed E-state index contributed by atoms with van der Waals surface area (Å²) in [6.45, 7) is 1.69. The summed E-state index contributed by atoms with van der Waals surface area (Å²) in [4.78, 5) is 30.7. The Morgan fingerprint density at radius 1 is 1.00 bits per heavy atom. The lowest BCUT2D eigenvalue weighted by Crippen LogP contribution is -2.28. The summed E-state index contributed by atoms with van der Waals surface area (Å²) in [6, 6.07) is 6.75. The zero-order valence-corrected chi connectivity index (χ0v) is 13.5. The number of hydrogen-bond acceptors (Lipinski definition) is 5. The first-order chi connectivity index (χ1) is 12.2. The van der Waals surface area contributed by atoms with Crippen LogP contribution in [0.2, 0.25) is 0 Å². The van der Waals surface area contributed by atoms with Gasteiger partial charge in [-0.3, -0.25) is 14.6 Å². The van der Waals surface area contributed by atoms with E-state index in [4.69, 9.17) is 9.47 Å². The van der Waals surface area contributed by atoms with E-state index in [0.29, 0.717) is 28.3 Å². The molecule has 2 aliphatic rings. The second-order valence-corrected chi connectivity index (χ2v) is 5.98. The fraction of sp³-hybridized carbons (Fsp3) is 0.278. The molecule has 1 aromatic carbocycles. The van der Waals surface area contributed by atoms with E-state index >= 15 is 0 Å². The number of benzene rings is 1. The van der Waals surface area contributed by atoms with Gasteiger partial charge in [0.15, 0.2) is 11.5 Å². The van der Waals surface area contributed by atoms with Crippen molar-refractivity contribution in [2.24, 2.45) is 0 Å². The molecule has 1 fully saturated rings. The van der Waals surface area contributed by atoms with Gasteiger partial charge in [0.25, 0.3) is 11.8 Å². The lowest BCUT2D eigenvalue weighted by molar-refractivity contribution is 0.0792. The van der Waals surface area contributed by atoms with E-state index in [0.717, 1.165) is 25.9 Å². The molecule has 25 heavy (non-hydrogen) atoms. The van der Waals surface area contributed by atoms with Crippen LogP contribution in [0.15, 0.2) is 36.7 Å². The van der Waals surface area contributed by atoms with Crippen LogP contribution in [0.4, 0.5) is 5.69 Å². The van der Waals surface area contributed by atoms with Gasteiger partial charge in [0.1, 0.15) is 0 Å². The Morgan fingerprint density at radius 3 is 2.60 bits per heavy atom. The molecule has 2 amide bonds. The van der Waals surface area contributed by atoms with Crippen molar-refractivity contribution in [1.29, 1.82) is 0 Å². The summed E-state index contributed by atoms with van der Waals surface area (Å²) >= 11 is 0. The topological polar surface area (TPSA) is 80.8 Å². The normalized spacial score (nSPS) is 15.3. The molecule has 0 aliphatic carbocycles. The predicted molar refractivity (Wildman–Crippen MR) is 89.9 cm³/mol. The van der Waals surface area contributed by atoms with E-state index < -0.39 is 0 Å². The van der Waals surface area contributed by atoms with Crippen molar-refractivity contribution in [2.75, 3.05) is 25.2 Å². The zero-order chi connectivity index (χ0) is 17.2. The van der Waals surface area contributed by atoms with E-state index in [1.54, 1.807) is 29.2 Å². The highest BCUT2D eigenvalue weighted by atomic mass is 16.7. The number of fused-ring (bicyclic) bond motifs is 1. The fourth-order valence-electron chi connectivity index (χ4n) is 2.96. The van der Waals surface area contributed by atoms with Gasteiger partial charge < -0.3 is 19.7 Å². The van der Waals surface area contributed by atoms with Crippen LogP contribution in [0.5, 0.6) is 11.5 Å². The maximum Gasteiger partial charge on any atom is 0.257 e. The van der Waals surface area contributed by atoms with Gasteiger partial charge in [0.2, 0.25) is 6.79 Å². The Hall–Kier alpha value is -3.09. The number of anilines is 1. The maximum atomic E-state index is 12.5. The van der Waals surface area contributed by atoms with Crippen molar-refractivity contribution in [3.05, 3.63) is 47.8 Å². The van der Waals surface area contributed by atoms with Gasteiger partial charge in [0.05, 0.1) is 11.1 Å². The summed E-state index contributed by atoms with van der Waals surface area (Å²) in [5, 5.41) is 2.78. The first-order valence-electron chi connectivity index (χ1n) is 8.16. The van der Waals surface area contributed by atoms with Crippen molar-refractivity contribution >= 4 is 17.5 Å². The molecule has 1 N–H and O–H groups in total. The van der Waals surface area contributed by atoms with Crippen LogP contribution in [0.1, 0.15) is 33.6 Å². The molecule has 4 rings (SSSR count). The van der Waals surface area contributed by atoms with Gasteiger partial charge in [-0.15, -0.1) is 0 Å². The molecule has 3 heterocycles. The summed E-state index contributed by atoms with van der Waals surface area (Å²) in [5.41, 5.74) is 1.36. The molecule has 0 spiro atoms.